The highest BCUT2D eigenvalue weighted by atomic mass is 16.5. The molecular weight excluding hydrogens is 376 g/mol. The fourth-order valence-electron chi connectivity index (χ4n) is 4.08. The lowest BCUT2D eigenvalue weighted by atomic mass is 9.93. The summed E-state index contributed by atoms with van der Waals surface area (Å²) in [5.74, 6) is 1.55. The molecule has 0 bridgehead atoms. The van der Waals surface area contributed by atoms with Gasteiger partial charge in [-0.15, -0.1) is 0 Å². The number of carbonyl (C=O) groups excluding carboxylic acids is 2. The number of amides is 1. The van der Waals surface area contributed by atoms with Crippen molar-refractivity contribution in [1.29, 1.82) is 0 Å². The van der Waals surface area contributed by atoms with Crippen molar-refractivity contribution in [1.82, 2.24) is 10.2 Å². The first-order valence-corrected chi connectivity index (χ1v) is 10.8. The van der Waals surface area contributed by atoms with E-state index >= 15 is 0 Å². The molecule has 0 aromatic heterocycles. The molecule has 0 aliphatic carbocycles. The summed E-state index contributed by atoms with van der Waals surface area (Å²) in [6.07, 6.45) is 3.80. The van der Waals surface area contributed by atoms with E-state index < -0.39 is 0 Å². The van der Waals surface area contributed by atoms with Crippen molar-refractivity contribution in [2.75, 3.05) is 20.2 Å². The van der Waals surface area contributed by atoms with Crippen LogP contribution in [-0.2, 0) is 17.9 Å². The van der Waals surface area contributed by atoms with Crippen LogP contribution < -0.4 is 10.1 Å². The van der Waals surface area contributed by atoms with Crippen LogP contribution in [0.5, 0.6) is 5.75 Å². The molecule has 1 heterocycles. The lowest BCUT2D eigenvalue weighted by molar-refractivity contribution is -0.121. The zero-order chi connectivity index (χ0) is 21.3. The molecule has 1 aliphatic heterocycles. The number of likely N-dealkylation sites (tertiary alicyclic amines) is 1. The zero-order valence-corrected chi connectivity index (χ0v) is 18.0. The number of nitrogens with one attached hydrogen (secondary N) is 1. The van der Waals surface area contributed by atoms with Crippen LogP contribution in [0, 0.1) is 5.92 Å². The molecule has 160 valence electrons. The second kappa shape index (κ2) is 10.9. The molecule has 1 saturated heterocycles. The zero-order valence-electron chi connectivity index (χ0n) is 18.0. The highest BCUT2D eigenvalue weighted by Gasteiger charge is 2.21. The van der Waals surface area contributed by atoms with Gasteiger partial charge in [-0.1, -0.05) is 30.3 Å². The molecule has 5 heteroatoms. The summed E-state index contributed by atoms with van der Waals surface area (Å²) in [4.78, 5) is 26.4. The maximum Gasteiger partial charge on any atom is 0.220 e. The predicted molar refractivity (Wildman–Crippen MR) is 119 cm³/mol. The number of Topliss-reactive ketones (excluding diaryl/α,β-unsaturated/α-hetero) is 1. The summed E-state index contributed by atoms with van der Waals surface area (Å²) in [6.45, 7) is 5.07. The maximum atomic E-state index is 12.3. The molecule has 0 spiro atoms. The first kappa shape index (κ1) is 22.0. The quantitative estimate of drug-likeness (QED) is 0.632. The van der Waals surface area contributed by atoms with E-state index in [9.17, 15) is 9.59 Å². The Balaban J connectivity index is 1.42. The van der Waals surface area contributed by atoms with Gasteiger partial charge in [-0.2, -0.15) is 0 Å². The summed E-state index contributed by atoms with van der Waals surface area (Å²) in [6, 6.07) is 15.7. The molecule has 5 nitrogen and oxygen atoms in total. The molecule has 1 fully saturated rings. The predicted octanol–water partition coefficient (Wildman–Crippen LogP) is 4.21. The van der Waals surface area contributed by atoms with Gasteiger partial charge >= 0.3 is 0 Å². The van der Waals surface area contributed by atoms with Gasteiger partial charge in [0.2, 0.25) is 5.91 Å². The number of piperidine rings is 1. The summed E-state index contributed by atoms with van der Waals surface area (Å²) in [7, 11) is 1.64. The average Bonchev–Trinajstić information content (AvgIpc) is 2.77. The van der Waals surface area contributed by atoms with Crippen LogP contribution in [0.15, 0.2) is 48.5 Å². The van der Waals surface area contributed by atoms with Gasteiger partial charge in [0.15, 0.2) is 5.78 Å². The summed E-state index contributed by atoms with van der Waals surface area (Å²) < 4.78 is 5.23. The van der Waals surface area contributed by atoms with Crippen molar-refractivity contribution in [3.8, 4) is 5.75 Å². The summed E-state index contributed by atoms with van der Waals surface area (Å²) in [5.41, 5.74) is 2.99. The lowest BCUT2D eigenvalue weighted by Crippen LogP contribution is -2.35. The SMILES string of the molecule is COc1cccc(CNC(=O)CCC2CCCN(Cc3cccc(C(C)=O)c3)C2)c1. The van der Waals surface area contributed by atoms with E-state index in [4.69, 9.17) is 4.74 Å². The van der Waals surface area contributed by atoms with E-state index in [-0.39, 0.29) is 11.7 Å². The van der Waals surface area contributed by atoms with E-state index in [0.717, 1.165) is 49.4 Å². The molecule has 30 heavy (non-hydrogen) atoms. The van der Waals surface area contributed by atoms with Gasteiger partial charge in [-0.3, -0.25) is 14.5 Å². The summed E-state index contributed by atoms with van der Waals surface area (Å²) in [5, 5.41) is 3.02. The Labute approximate surface area is 179 Å². The van der Waals surface area contributed by atoms with Crippen molar-refractivity contribution < 1.29 is 14.3 Å². The molecule has 1 N–H and O–H groups in total. The minimum Gasteiger partial charge on any atom is -0.497 e. The van der Waals surface area contributed by atoms with Crippen LogP contribution in [0.1, 0.15) is 54.1 Å². The third-order valence-corrected chi connectivity index (χ3v) is 5.75. The van der Waals surface area contributed by atoms with E-state index in [2.05, 4.69) is 16.3 Å². The number of methoxy groups -OCH3 is 1. The van der Waals surface area contributed by atoms with E-state index in [1.807, 2.05) is 42.5 Å². The van der Waals surface area contributed by atoms with E-state index in [1.165, 1.54) is 12.0 Å². The molecule has 1 atom stereocenters. The maximum absolute atomic E-state index is 12.3. The second-order valence-electron chi connectivity index (χ2n) is 8.17. The number of nitrogens with zero attached hydrogens (tertiary/aromatic N) is 1. The molecule has 2 aromatic rings. The topological polar surface area (TPSA) is 58.6 Å². The van der Waals surface area contributed by atoms with E-state index in [1.54, 1.807) is 14.0 Å². The van der Waals surface area contributed by atoms with Crippen molar-refractivity contribution in [2.45, 2.75) is 45.7 Å². The Morgan fingerprint density at radius 2 is 1.93 bits per heavy atom. The number of benzene rings is 2. The number of hydrogen-bond donors (Lipinski definition) is 1. The van der Waals surface area contributed by atoms with Crippen LogP contribution >= 0.6 is 0 Å². The minimum atomic E-state index is 0.101. The molecule has 3 rings (SSSR count). The van der Waals surface area contributed by atoms with Crippen LogP contribution in [0.25, 0.3) is 0 Å². The monoisotopic (exact) mass is 408 g/mol. The minimum absolute atomic E-state index is 0.101. The summed E-state index contributed by atoms with van der Waals surface area (Å²) >= 11 is 0. The van der Waals surface area contributed by atoms with Gasteiger partial charge in [0, 0.05) is 31.6 Å². The average molecular weight is 409 g/mol. The molecule has 0 saturated carbocycles. The van der Waals surface area contributed by atoms with Gasteiger partial charge in [0.05, 0.1) is 7.11 Å². The van der Waals surface area contributed by atoms with Crippen molar-refractivity contribution >= 4 is 11.7 Å². The highest BCUT2D eigenvalue weighted by molar-refractivity contribution is 5.94. The molecule has 2 aromatic carbocycles. The second-order valence-corrected chi connectivity index (χ2v) is 8.17. The normalized spacial score (nSPS) is 16.8. The Kier molecular flexibility index (Phi) is 8.03. The Hall–Kier alpha value is -2.66. The number of ketones is 1. The standard InChI is InChI=1S/C25H32N2O3/c1-19(28)23-9-3-7-22(14-23)18-27-13-5-8-20(17-27)11-12-25(29)26-16-21-6-4-10-24(15-21)30-2/h3-4,6-7,9-10,14-15,20H,5,8,11-13,16-18H2,1-2H3,(H,26,29). The number of ether oxygens (including phenoxy) is 1. The largest absolute Gasteiger partial charge is 0.497 e. The Morgan fingerprint density at radius 3 is 2.73 bits per heavy atom. The number of hydrogen-bond acceptors (Lipinski definition) is 4. The van der Waals surface area contributed by atoms with Crippen molar-refractivity contribution in [2.24, 2.45) is 5.92 Å². The fourth-order valence-corrected chi connectivity index (χ4v) is 4.08. The van der Waals surface area contributed by atoms with Crippen LogP contribution in [0.4, 0.5) is 0 Å². The number of carbonyl (C=O) groups is 2. The third-order valence-electron chi connectivity index (χ3n) is 5.75. The van der Waals surface area contributed by atoms with Gasteiger partial charge < -0.3 is 10.1 Å². The highest BCUT2D eigenvalue weighted by Crippen LogP contribution is 2.23. The molecular formula is C25H32N2O3. The Morgan fingerprint density at radius 1 is 1.13 bits per heavy atom. The van der Waals surface area contributed by atoms with E-state index in [0.29, 0.717) is 18.9 Å². The first-order valence-electron chi connectivity index (χ1n) is 10.8. The molecule has 1 unspecified atom stereocenters. The van der Waals surface area contributed by atoms with Crippen LogP contribution in [0.3, 0.4) is 0 Å². The smallest absolute Gasteiger partial charge is 0.220 e. The molecule has 0 radical (unpaired) electrons. The van der Waals surface area contributed by atoms with Gasteiger partial charge in [-0.05, 0) is 68.0 Å². The Bertz CT molecular complexity index is 865. The van der Waals surface area contributed by atoms with Crippen molar-refractivity contribution in [3.63, 3.8) is 0 Å². The fraction of sp³-hybridized carbons (Fsp3) is 0.440. The van der Waals surface area contributed by atoms with Crippen LogP contribution in [-0.4, -0.2) is 36.8 Å². The lowest BCUT2D eigenvalue weighted by Gasteiger charge is -2.32. The molecule has 1 amide bonds. The molecule has 1 aliphatic rings. The number of rotatable bonds is 9. The third kappa shape index (κ3) is 6.70. The van der Waals surface area contributed by atoms with Crippen LogP contribution in [0.2, 0.25) is 0 Å². The first-order chi connectivity index (χ1) is 14.5. The van der Waals surface area contributed by atoms with Gasteiger partial charge in [0.25, 0.3) is 0 Å². The van der Waals surface area contributed by atoms with Crippen molar-refractivity contribution in [3.05, 3.63) is 65.2 Å². The van der Waals surface area contributed by atoms with Gasteiger partial charge in [0.1, 0.15) is 5.75 Å². The van der Waals surface area contributed by atoms with Gasteiger partial charge in [-0.25, -0.2) is 0 Å².